The van der Waals surface area contributed by atoms with Gasteiger partial charge in [-0.15, -0.1) is 0 Å². The van der Waals surface area contributed by atoms with Crippen molar-refractivity contribution in [2.45, 2.75) is 13.5 Å². The molecule has 0 fully saturated rings. The van der Waals surface area contributed by atoms with E-state index in [9.17, 15) is 4.79 Å². The fraction of sp³-hybridized carbons (Fsp3) is 0.222. The van der Waals surface area contributed by atoms with Gasteiger partial charge < -0.3 is 9.63 Å². The highest BCUT2D eigenvalue weighted by atomic mass is 35.5. The second kappa shape index (κ2) is 3.97. The Morgan fingerprint density at radius 2 is 2.44 bits per heavy atom. The monoisotopic (exact) mass is 241 g/mol. The predicted molar refractivity (Wildman–Crippen MR) is 54.5 cm³/mol. The molecule has 0 atom stereocenters. The van der Waals surface area contributed by atoms with Crippen molar-refractivity contribution in [1.82, 2.24) is 14.9 Å². The van der Waals surface area contributed by atoms with Gasteiger partial charge in [0, 0.05) is 6.07 Å². The topological polar surface area (TPSA) is 81.2 Å². The van der Waals surface area contributed by atoms with E-state index in [1.807, 2.05) is 6.92 Å². The summed E-state index contributed by atoms with van der Waals surface area (Å²) in [4.78, 5) is 10.6. The molecule has 1 N–H and O–H groups in total. The first kappa shape index (κ1) is 10.7. The molecule has 0 saturated heterocycles. The molecule has 84 valence electrons. The maximum Gasteiger partial charge on any atom is 0.358 e. The standard InChI is InChI=1S/C9H8ClN3O3/c1-5-7(10)3-11-13(5)4-6-2-8(9(14)15)12-16-6/h2-3H,4H2,1H3,(H,14,15). The molecule has 0 unspecified atom stereocenters. The number of hydrogen-bond donors (Lipinski definition) is 1. The molecule has 0 bridgehead atoms. The van der Waals surface area contributed by atoms with Crippen LogP contribution in [-0.4, -0.2) is 26.0 Å². The zero-order valence-electron chi connectivity index (χ0n) is 8.35. The van der Waals surface area contributed by atoms with Gasteiger partial charge in [0.25, 0.3) is 0 Å². The molecule has 2 heterocycles. The molecule has 2 aromatic rings. The maximum atomic E-state index is 10.6. The average molecular weight is 242 g/mol. The summed E-state index contributed by atoms with van der Waals surface area (Å²) in [5, 5.41) is 16.6. The summed E-state index contributed by atoms with van der Waals surface area (Å²) in [6, 6.07) is 1.36. The molecular weight excluding hydrogens is 234 g/mol. The van der Waals surface area contributed by atoms with E-state index >= 15 is 0 Å². The van der Waals surface area contributed by atoms with Gasteiger partial charge in [-0.2, -0.15) is 5.10 Å². The summed E-state index contributed by atoms with van der Waals surface area (Å²) < 4.78 is 6.47. The van der Waals surface area contributed by atoms with Crippen LogP contribution in [-0.2, 0) is 6.54 Å². The number of carboxylic acids is 1. The number of aromatic carboxylic acids is 1. The molecular formula is C9H8ClN3O3. The van der Waals surface area contributed by atoms with Gasteiger partial charge in [-0.3, -0.25) is 4.68 Å². The highest BCUT2D eigenvalue weighted by Crippen LogP contribution is 2.15. The molecule has 0 aliphatic rings. The summed E-state index contributed by atoms with van der Waals surface area (Å²) in [5.74, 6) is -0.703. The second-order valence-electron chi connectivity index (χ2n) is 3.22. The minimum Gasteiger partial charge on any atom is -0.476 e. The Bertz CT molecular complexity index is 532. The molecule has 7 heteroatoms. The summed E-state index contributed by atoms with van der Waals surface area (Å²) in [6.07, 6.45) is 1.52. The second-order valence-corrected chi connectivity index (χ2v) is 3.63. The van der Waals surface area contributed by atoms with Crippen LogP contribution >= 0.6 is 11.6 Å². The lowest BCUT2D eigenvalue weighted by Gasteiger charge is -1.99. The highest BCUT2D eigenvalue weighted by Gasteiger charge is 2.12. The number of carboxylic acid groups (broad SMARTS) is 1. The maximum absolute atomic E-state index is 10.6. The van der Waals surface area contributed by atoms with Crippen molar-refractivity contribution in [1.29, 1.82) is 0 Å². The number of carbonyl (C=O) groups is 1. The first-order chi connectivity index (χ1) is 7.58. The molecule has 0 aliphatic carbocycles. The number of halogens is 1. The van der Waals surface area contributed by atoms with Crippen LogP contribution in [0.4, 0.5) is 0 Å². The number of aromatic nitrogens is 3. The van der Waals surface area contributed by atoms with Gasteiger partial charge in [-0.1, -0.05) is 16.8 Å². The molecule has 0 amide bonds. The van der Waals surface area contributed by atoms with Crippen molar-refractivity contribution >= 4 is 17.6 Å². The minimum atomic E-state index is -1.12. The van der Waals surface area contributed by atoms with Crippen molar-refractivity contribution in [3.05, 3.63) is 34.4 Å². The third-order valence-electron chi connectivity index (χ3n) is 2.13. The fourth-order valence-corrected chi connectivity index (χ4v) is 1.36. The molecule has 2 rings (SSSR count). The van der Waals surface area contributed by atoms with Crippen molar-refractivity contribution in [2.75, 3.05) is 0 Å². The molecule has 0 aliphatic heterocycles. The van der Waals surface area contributed by atoms with Gasteiger partial charge in [0.2, 0.25) is 0 Å². The van der Waals surface area contributed by atoms with Gasteiger partial charge in [-0.05, 0) is 6.92 Å². The predicted octanol–water partition coefficient (Wildman–Crippen LogP) is 1.58. The Morgan fingerprint density at radius 3 is 2.94 bits per heavy atom. The van der Waals surface area contributed by atoms with Crippen molar-refractivity contribution < 1.29 is 14.4 Å². The van der Waals surface area contributed by atoms with Gasteiger partial charge in [0.05, 0.1) is 16.9 Å². The lowest BCUT2D eigenvalue weighted by molar-refractivity contribution is 0.0685. The lowest BCUT2D eigenvalue weighted by Crippen LogP contribution is -2.02. The SMILES string of the molecule is Cc1c(Cl)cnn1Cc1cc(C(=O)O)no1. The number of rotatable bonds is 3. The summed E-state index contributed by atoms with van der Waals surface area (Å²) in [7, 11) is 0. The third kappa shape index (κ3) is 1.92. The van der Waals surface area contributed by atoms with Crippen LogP contribution in [0.3, 0.4) is 0 Å². The molecule has 2 aromatic heterocycles. The first-order valence-corrected chi connectivity index (χ1v) is 4.82. The van der Waals surface area contributed by atoms with Crippen LogP contribution in [0.25, 0.3) is 0 Å². The molecule has 0 spiro atoms. The quantitative estimate of drug-likeness (QED) is 0.882. The van der Waals surface area contributed by atoms with Gasteiger partial charge >= 0.3 is 5.97 Å². The van der Waals surface area contributed by atoms with E-state index in [2.05, 4.69) is 10.3 Å². The van der Waals surface area contributed by atoms with Crippen LogP contribution in [0, 0.1) is 6.92 Å². The molecule has 6 nitrogen and oxygen atoms in total. The summed E-state index contributed by atoms with van der Waals surface area (Å²) in [5.41, 5.74) is 0.667. The smallest absolute Gasteiger partial charge is 0.358 e. The zero-order valence-corrected chi connectivity index (χ0v) is 9.10. The Hall–Kier alpha value is -1.82. The van der Waals surface area contributed by atoms with E-state index < -0.39 is 5.97 Å². The average Bonchev–Trinajstić information content (AvgIpc) is 2.81. The van der Waals surface area contributed by atoms with Gasteiger partial charge in [0.1, 0.15) is 6.54 Å². The van der Waals surface area contributed by atoms with E-state index in [1.54, 1.807) is 4.68 Å². The van der Waals surface area contributed by atoms with Crippen LogP contribution in [0.15, 0.2) is 16.8 Å². The summed E-state index contributed by atoms with van der Waals surface area (Å²) in [6.45, 7) is 2.11. The van der Waals surface area contributed by atoms with E-state index in [4.69, 9.17) is 21.2 Å². The van der Waals surface area contributed by atoms with Crippen LogP contribution in [0.2, 0.25) is 5.02 Å². The van der Waals surface area contributed by atoms with E-state index in [-0.39, 0.29) is 5.69 Å². The summed E-state index contributed by atoms with van der Waals surface area (Å²) >= 11 is 5.83. The molecule has 0 saturated carbocycles. The largest absolute Gasteiger partial charge is 0.476 e. The van der Waals surface area contributed by atoms with Crippen LogP contribution in [0.1, 0.15) is 21.9 Å². The van der Waals surface area contributed by atoms with Crippen LogP contribution in [0.5, 0.6) is 0 Å². The van der Waals surface area contributed by atoms with E-state index in [0.29, 0.717) is 17.3 Å². The Morgan fingerprint density at radius 1 is 1.69 bits per heavy atom. The Balaban J connectivity index is 2.21. The van der Waals surface area contributed by atoms with Gasteiger partial charge in [-0.25, -0.2) is 4.79 Å². The molecule has 16 heavy (non-hydrogen) atoms. The van der Waals surface area contributed by atoms with Crippen molar-refractivity contribution in [3.8, 4) is 0 Å². The normalized spacial score (nSPS) is 10.6. The minimum absolute atomic E-state index is 0.120. The number of hydrogen-bond acceptors (Lipinski definition) is 4. The number of nitrogens with zero attached hydrogens (tertiary/aromatic N) is 3. The Kier molecular flexibility index (Phi) is 2.66. The highest BCUT2D eigenvalue weighted by molar-refractivity contribution is 6.31. The van der Waals surface area contributed by atoms with E-state index in [0.717, 1.165) is 5.69 Å². The van der Waals surface area contributed by atoms with E-state index in [1.165, 1.54) is 12.3 Å². The Labute approximate surface area is 95.4 Å². The first-order valence-electron chi connectivity index (χ1n) is 4.44. The lowest BCUT2D eigenvalue weighted by atomic mass is 10.3. The van der Waals surface area contributed by atoms with Crippen molar-refractivity contribution in [3.63, 3.8) is 0 Å². The fourth-order valence-electron chi connectivity index (χ4n) is 1.22. The van der Waals surface area contributed by atoms with Crippen LogP contribution < -0.4 is 0 Å². The zero-order chi connectivity index (χ0) is 11.7. The molecule has 0 aromatic carbocycles. The third-order valence-corrected chi connectivity index (χ3v) is 2.50. The van der Waals surface area contributed by atoms with Crippen molar-refractivity contribution in [2.24, 2.45) is 0 Å². The van der Waals surface area contributed by atoms with Gasteiger partial charge in [0.15, 0.2) is 11.5 Å². The molecule has 0 radical (unpaired) electrons.